The minimum absolute atomic E-state index is 0.120. The standard InChI is InChI=1S/C13H15FN2O2S2/c1-8-11(14)6-10(7-12(8)15)20(17,18)16-9(2)13-4-3-5-19-13/h3-7,9,16H,15H2,1-2H3. The molecule has 0 amide bonds. The number of hydrogen-bond donors (Lipinski definition) is 2. The molecule has 1 aromatic carbocycles. The van der Waals surface area contributed by atoms with Gasteiger partial charge >= 0.3 is 0 Å². The van der Waals surface area contributed by atoms with Crippen LogP contribution in [0, 0.1) is 12.7 Å². The van der Waals surface area contributed by atoms with E-state index in [0.717, 1.165) is 10.9 Å². The summed E-state index contributed by atoms with van der Waals surface area (Å²) in [6.45, 7) is 3.24. The SMILES string of the molecule is Cc1c(N)cc(S(=O)(=O)NC(C)c2cccs2)cc1F. The van der Waals surface area contributed by atoms with Crippen LogP contribution in [0.3, 0.4) is 0 Å². The molecule has 0 spiro atoms. The second-order valence-electron chi connectivity index (χ2n) is 4.48. The highest BCUT2D eigenvalue weighted by Crippen LogP contribution is 2.24. The van der Waals surface area contributed by atoms with E-state index in [1.165, 1.54) is 24.3 Å². The Bertz CT molecular complexity index is 689. The molecule has 0 saturated carbocycles. The smallest absolute Gasteiger partial charge is 0.241 e. The number of nitrogen functional groups attached to an aromatic ring is 1. The fraction of sp³-hybridized carbons (Fsp3) is 0.231. The molecule has 0 fully saturated rings. The number of halogens is 1. The van der Waals surface area contributed by atoms with Crippen LogP contribution in [0.5, 0.6) is 0 Å². The zero-order chi connectivity index (χ0) is 14.9. The van der Waals surface area contributed by atoms with Crippen LogP contribution >= 0.6 is 11.3 Å². The molecule has 0 radical (unpaired) electrons. The average Bonchev–Trinajstić information content (AvgIpc) is 2.88. The number of nitrogens with two attached hydrogens (primary N) is 1. The summed E-state index contributed by atoms with van der Waals surface area (Å²) >= 11 is 1.45. The Labute approximate surface area is 121 Å². The molecule has 1 aromatic heterocycles. The molecule has 0 aliphatic carbocycles. The molecule has 4 nitrogen and oxygen atoms in total. The van der Waals surface area contributed by atoms with Crippen molar-refractivity contribution >= 4 is 27.0 Å². The molecular formula is C13H15FN2O2S2. The van der Waals surface area contributed by atoms with Gasteiger partial charge in [0.1, 0.15) is 5.82 Å². The first-order valence-corrected chi connectivity index (χ1v) is 8.29. The monoisotopic (exact) mass is 314 g/mol. The Kier molecular flexibility index (Phi) is 4.12. The van der Waals surface area contributed by atoms with E-state index in [0.29, 0.717) is 0 Å². The molecule has 0 saturated heterocycles. The lowest BCUT2D eigenvalue weighted by Crippen LogP contribution is -2.26. The van der Waals surface area contributed by atoms with Gasteiger partial charge in [-0.05, 0) is 37.4 Å². The summed E-state index contributed by atoms with van der Waals surface area (Å²) in [4.78, 5) is 0.718. The van der Waals surface area contributed by atoms with E-state index < -0.39 is 15.8 Å². The van der Waals surface area contributed by atoms with Crippen molar-refractivity contribution in [3.63, 3.8) is 0 Å². The predicted molar refractivity (Wildman–Crippen MR) is 78.6 cm³/mol. The van der Waals surface area contributed by atoms with Crippen LogP contribution in [0.2, 0.25) is 0 Å². The Morgan fingerprint density at radius 3 is 2.65 bits per heavy atom. The lowest BCUT2D eigenvalue weighted by molar-refractivity contribution is 0.565. The molecule has 1 heterocycles. The summed E-state index contributed by atoms with van der Waals surface area (Å²) < 4.78 is 40.6. The van der Waals surface area contributed by atoms with E-state index in [1.54, 1.807) is 6.92 Å². The molecule has 3 N–H and O–H groups in total. The summed E-state index contributed by atoms with van der Waals surface area (Å²) in [6, 6.07) is 5.54. The highest BCUT2D eigenvalue weighted by Gasteiger charge is 2.21. The lowest BCUT2D eigenvalue weighted by Gasteiger charge is -2.14. The number of hydrogen-bond acceptors (Lipinski definition) is 4. The van der Waals surface area contributed by atoms with Crippen molar-refractivity contribution < 1.29 is 12.8 Å². The van der Waals surface area contributed by atoms with Crippen molar-refractivity contribution in [1.82, 2.24) is 4.72 Å². The van der Waals surface area contributed by atoms with Gasteiger partial charge in [0.15, 0.2) is 0 Å². The largest absolute Gasteiger partial charge is 0.398 e. The van der Waals surface area contributed by atoms with Gasteiger partial charge in [-0.2, -0.15) is 0 Å². The minimum atomic E-state index is -3.81. The van der Waals surface area contributed by atoms with Gasteiger partial charge in [0.05, 0.1) is 10.9 Å². The number of rotatable bonds is 4. The first-order chi connectivity index (χ1) is 9.31. The molecule has 2 rings (SSSR count). The average molecular weight is 314 g/mol. The third-order valence-corrected chi connectivity index (χ3v) is 5.55. The van der Waals surface area contributed by atoms with E-state index in [2.05, 4.69) is 4.72 Å². The summed E-state index contributed by atoms with van der Waals surface area (Å²) in [5, 5.41) is 1.86. The quantitative estimate of drug-likeness (QED) is 0.852. The summed E-state index contributed by atoms with van der Waals surface area (Å²) in [5.41, 5.74) is 5.98. The van der Waals surface area contributed by atoms with Crippen LogP contribution in [0.25, 0.3) is 0 Å². The first-order valence-electron chi connectivity index (χ1n) is 5.92. The lowest BCUT2D eigenvalue weighted by atomic mass is 10.2. The minimum Gasteiger partial charge on any atom is -0.398 e. The third kappa shape index (κ3) is 3.00. The van der Waals surface area contributed by atoms with Gasteiger partial charge in [0, 0.05) is 16.1 Å². The van der Waals surface area contributed by atoms with Crippen LogP contribution in [0.15, 0.2) is 34.5 Å². The predicted octanol–water partition coefficient (Wildman–Crippen LogP) is 2.82. The molecule has 2 aromatic rings. The normalized spacial score (nSPS) is 13.3. The molecule has 1 unspecified atom stereocenters. The van der Waals surface area contributed by atoms with Crippen molar-refractivity contribution in [2.45, 2.75) is 24.8 Å². The fourth-order valence-corrected chi connectivity index (χ4v) is 3.80. The molecule has 0 bridgehead atoms. The molecular weight excluding hydrogens is 299 g/mol. The Balaban J connectivity index is 2.31. The number of anilines is 1. The second kappa shape index (κ2) is 5.51. The topological polar surface area (TPSA) is 72.2 Å². The van der Waals surface area contributed by atoms with Gasteiger partial charge in [-0.1, -0.05) is 6.07 Å². The molecule has 7 heteroatoms. The summed E-state index contributed by atoms with van der Waals surface area (Å²) in [5.74, 6) is -0.630. The maximum absolute atomic E-state index is 13.6. The Morgan fingerprint density at radius 1 is 1.40 bits per heavy atom. The van der Waals surface area contributed by atoms with E-state index in [1.807, 2.05) is 17.5 Å². The Hall–Kier alpha value is -1.44. The number of benzene rings is 1. The van der Waals surface area contributed by atoms with Crippen molar-refractivity contribution in [3.8, 4) is 0 Å². The van der Waals surface area contributed by atoms with Crippen LogP contribution in [0.1, 0.15) is 23.4 Å². The van der Waals surface area contributed by atoms with Crippen molar-refractivity contribution in [2.24, 2.45) is 0 Å². The third-order valence-electron chi connectivity index (χ3n) is 2.97. The summed E-state index contributed by atoms with van der Waals surface area (Å²) in [7, 11) is -3.81. The van der Waals surface area contributed by atoms with Crippen molar-refractivity contribution in [2.75, 3.05) is 5.73 Å². The van der Waals surface area contributed by atoms with Crippen LogP contribution < -0.4 is 10.5 Å². The van der Waals surface area contributed by atoms with E-state index >= 15 is 0 Å². The summed E-state index contributed by atoms with van der Waals surface area (Å²) in [6.07, 6.45) is 0. The molecule has 0 aliphatic heterocycles. The second-order valence-corrected chi connectivity index (χ2v) is 7.17. The number of nitrogens with one attached hydrogen (secondary N) is 1. The van der Waals surface area contributed by atoms with E-state index in [-0.39, 0.29) is 22.2 Å². The maximum Gasteiger partial charge on any atom is 0.241 e. The van der Waals surface area contributed by atoms with Gasteiger partial charge < -0.3 is 5.73 Å². The van der Waals surface area contributed by atoms with Crippen molar-refractivity contribution in [1.29, 1.82) is 0 Å². The van der Waals surface area contributed by atoms with Gasteiger partial charge in [-0.15, -0.1) is 11.3 Å². The van der Waals surface area contributed by atoms with Gasteiger partial charge in [-0.25, -0.2) is 17.5 Å². The fourth-order valence-electron chi connectivity index (χ4n) is 1.73. The van der Waals surface area contributed by atoms with Crippen LogP contribution in [0.4, 0.5) is 10.1 Å². The van der Waals surface area contributed by atoms with Crippen LogP contribution in [-0.4, -0.2) is 8.42 Å². The van der Waals surface area contributed by atoms with Crippen LogP contribution in [-0.2, 0) is 10.0 Å². The van der Waals surface area contributed by atoms with Gasteiger partial charge in [0.25, 0.3) is 0 Å². The zero-order valence-electron chi connectivity index (χ0n) is 11.1. The van der Waals surface area contributed by atoms with Crippen molar-refractivity contribution in [3.05, 3.63) is 45.9 Å². The van der Waals surface area contributed by atoms with Gasteiger partial charge in [-0.3, -0.25) is 0 Å². The molecule has 20 heavy (non-hydrogen) atoms. The Morgan fingerprint density at radius 2 is 2.10 bits per heavy atom. The van der Waals surface area contributed by atoms with E-state index in [4.69, 9.17) is 5.73 Å². The van der Waals surface area contributed by atoms with E-state index in [9.17, 15) is 12.8 Å². The molecule has 108 valence electrons. The molecule has 1 atom stereocenters. The number of sulfonamides is 1. The number of thiophene rings is 1. The highest BCUT2D eigenvalue weighted by atomic mass is 32.2. The highest BCUT2D eigenvalue weighted by molar-refractivity contribution is 7.89. The zero-order valence-corrected chi connectivity index (χ0v) is 12.7. The van der Waals surface area contributed by atoms with Gasteiger partial charge in [0.2, 0.25) is 10.0 Å². The molecule has 0 aliphatic rings. The first kappa shape index (κ1) is 15.0. The maximum atomic E-state index is 13.6.